The molecular weight excluding hydrogens is 203 g/mol. The number of anilines is 1. The van der Waals surface area contributed by atoms with E-state index in [0.29, 0.717) is 12.1 Å². The fraction of sp³-hybridized carbons (Fsp3) is 0.538. The lowest BCUT2D eigenvalue weighted by atomic mass is 10.1. The smallest absolute Gasteiger partial charge is 0.150 e. The maximum atomic E-state index is 13.7. The largest absolute Gasteiger partial charge is 0.396 e. The molecule has 0 aliphatic heterocycles. The van der Waals surface area contributed by atoms with E-state index in [4.69, 9.17) is 5.73 Å². The lowest BCUT2D eigenvalue weighted by Gasteiger charge is -2.20. The van der Waals surface area contributed by atoms with Gasteiger partial charge in [-0.1, -0.05) is 32.4 Å². The molecule has 0 saturated carbocycles. The summed E-state index contributed by atoms with van der Waals surface area (Å²) in [5.74, 6) is -0.266. The highest BCUT2D eigenvalue weighted by Crippen LogP contribution is 2.16. The molecule has 0 heterocycles. The second-order valence-corrected chi connectivity index (χ2v) is 4.04. The molecule has 0 radical (unpaired) electrons. The maximum absolute atomic E-state index is 13.7. The van der Waals surface area contributed by atoms with Gasteiger partial charge in [0.1, 0.15) is 0 Å². The van der Waals surface area contributed by atoms with Gasteiger partial charge in [-0.25, -0.2) is 4.39 Å². The Balaban J connectivity index is 2.66. The monoisotopic (exact) mass is 224 g/mol. The van der Waals surface area contributed by atoms with E-state index in [1.54, 1.807) is 18.2 Å². The van der Waals surface area contributed by atoms with E-state index in [9.17, 15) is 4.39 Å². The van der Waals surface area contributed by atoms with Gasteiger partial charge in [-0.15, -0.1) is 0 Å². The van der Waals surface area contributed by atoms with Crippen LogP contribution in [0.5, 0.6) is 0 Å². The molecule has 0 saturated heterocycles. The molecule has 0 spiro atoms. The van der Waals surface area contributed by atoms with Crippen molar-refractivity contribution in [2.45, 2.75) is 33.2 Å². The van der Waals surface area contributed by atoms with Gasteiger partial charge >= 0.3 is 0 Å². The summed E-state index contributed by atoms with van der Waals surface area (Å²) in [5, 5.41) is 0. The Hall–Kier alpha value is -1.09. The van der Waals surface area contributed by atoms with E-state index in [0.717, 1.165) is 25.9 Å². The number of nitrogen functional groups attached to an aromatic ring is 1. The van der Waals surface area contributed by atoms with Crippen molar-refractivity contribution in [1.82, 2.24) is 4.90 Å². The van der Waals surface area contributed by atoms with Crippen LogP contribution in [0.15, 0.2) is 18.2 Å². The Bertz CT molecular complexity index is 326. The van der Waals surface area contributed by atoms with Crippen LogP contribution < -0.4 is 5.73 Å². The van der Waals surface area contributed by atoms with E-state index in [1.807, 2.05) is 0 Å². The third kappa shape index (κ3) is 3.49. The predicted molar refractivity (Wildman–Crippen MR) is 66.7 cm³/mol. The molecule has 0 aliphatic rings. The topological polar surface area (TPSA) is 29.3 Å². The quantitative estimate of drug-likeness (QED) is 0.753. The SMILES string of the molecule is CCCCN(CC)Cc1cccc(N)c1F. The number of nitrogens with two attached hydrogens (primary N) is 1. The predicted octanol–water partition coefficient (Wildman–Crippen LogP) is 3.03. The van der Waals surface area contributed by atoms with Crippen molar-refractivity contribution < 1.29 is 4.39 Å². The minimum Gasteiger partial charge on any atom is -0.396 e. The van der Waals surface area contributed by atoms with Crippen LogP contribution in [0.1, 0.15) is 32.3 Å². The third-order valence-corrected chi connectivity index (χ3v) is 2.78. The molecule has 0 fully saturated rings. The van der Waals surface area contributed by atoms with Crippen molar-refractivity contribution in [3.8, 4) is 0 Å². The summed E-state index contributed by atoms with van der Waals surface area (Å²) in [4.78, 5) is 2.24. The van der Waals surface area contributed by atoms with Crippen molar-refractivity contribution in [3.63, 3.8) is 0 Å². The first kappa shape index (κ1) is 13.0. The number of unbranched alkanes of at least 4 members (excludes halogenated alkanes) is 1. The first-order chi connectivity index (χ1) is 7.69. The third-order valence-electron chi connectivity index (χ3n) is 2.78. The Morgan fingerprint density at radius 3 is 2.69 bits per heavy atom. The fourth-order valence-corrected chi connectivity index (χ4v) is 1.69. The standard InChI is InChI=1S/C13H21FN2/c1-3-5-9-16(4-2)10-11-7-6-8-12(15)13(11)14/h6-8H,3-5,9-10,15H2,1-2H3. The molecule has 2 nitrogen and oxygen atoms in total. The van der Waals surface area contributed by atoms with Gasteiger partial charge < -0.3 is 5.73 Å². The summed E-state index contributed by atoms with van der Waals surface area (Å²) in [5.41, 5.74) is 6.48. The lowest BCUT2D eigenvalue weighted by molar-refractivity contribution is 0.271. The van der Waals surface area contributed by atoms with Gasteiger partial charge in [-0.3, -0.25) is 4.90 Å². The number of benzene rings is 1. The molecule has 0 aromatic heterocycles. The molecule has 1 aromatic rings. The summed E-state index contributed by atoms with van der Waals surface area (Å²) in [7, 11) is 0. The molecule has 0 bridgehead atoms. The summed E-state index contributed by atoms with van der Waals surface area (Å²) in [6, 6.07) is 5.21. The van der Waals surface area contributed by atoms with Gasteiger partial charge in [0.25, 0.3) is 0 Å². The molecule has 90 valence electrons. The zero-order chi connectivity index (χ0) is 12.0. The molecule has 1 aromatic carbocycles. The van der Waals surface area contributed by atoms with E-state index in [-0.39, 0.29) is 11.5 Å². The summed E-state index contributed by atoms with van der Waals surface area (Å²) in [6.45, 7) is 6.86. The van der Waals surface area contributed by atoms with Gasteiger partial charge in [-0.05, 0) is 25.6 Å². The van der Waals surface area contributed by atoms with Crippen LogP contribution in [-0.2, 0) is 6.54 Å². The molecule has 0 aliphatic carbocycles. The van der Waals surface area contributed by atoms with Gasteiger partial charge in [0.15, 0.2) is 5.82 Å². The van der Waals surface area contributed by atoms with Crippen LogP contribution in [0.3, 0.4) is 0 Å². The van der Waals surface area contributed by atoms with E-state index >= 15 is 0 Å². The van der Waals surface area contributed by atoms with Crippen LogP contribution in [0, 0.1) is 5.82 Å². The molecular formula is C13H21FN2. The summed E-state index contributed by atoms with van der Waals surface area (Å²) >= 11 is 0. The average molecular weight is 224 g/mol. The van der Waals surface area contributed by atoms with E-state index in [2.05, 4.69) is 18.7 Å². The van der Waals surface area contributed by atoms with Crippen LogP contribution in [0.2, 0.25) is 0 Å². The number of rotatable bonds is 6. The second-order valence-electron chi connectivity index (χ2n) is 4.04. The number of nitrogens with zero attached hydrogens (tertiary/aromatic N) is 1. The Kier molecular flexibility index (Phi) is 5.26. The first-order valence-corrected chi connectivity index (χ1v) is 5.94. The Morgan fingerprint density at radius 1 is 1.31 bits per heavy atom. The molecule has 16 heavy (non-hydrogen) atoms. The number of halogens is 1. The number of hydrogen-bond acceptors (Lipinski definition) is 2. The normalized spacial score (nSPS) is 11.0. The van der Waals surface area contributed by atoms with Gasteiger partial charge in [0.2, 0.25) is 0 Å². The Labute approximate surface area is 97.3 Å². The Morgan fingerprint density at radius 2 is 2.06 bits per heavy atom. The maximum Gasteiger partial charge on any atom is 0.150 e. The van der Waals surface area contributed by atoms with Gasteiger partial charge in [-0.2, -0.15) is 0 Å². The zero-order valence-corrected chi connectivity index (χ0v) is 10.2. The fourth-order valence-electron chi connectivity index (χ4n) is 1.69. The molecule has 0 atom stereocenters. The first-order valence-electron chi connectivity index (χ1n) is 5.94. The summed E-state index contributed by atoms with van der Waals surface area (Å²) < 4.78 is 13.7. The van der Waals surface area contributed by atoms with Crippen LogP contribution in [0.4, 0.5) is 10.1 Å². The minimum atomic E-state index is -0.266. The van der Waals surface area contributed by atoms with Gasteiger partial charge in [0, 0.05) is 12.1 Å². The molecule has 2 N–H and O–H groups in total. The van der Waals surface area contributed by atoms with Gasteiger partial charge in [0.05, 0.1) is 5.69 Å². The zero-order valence-electron chi connectivity index (χ0n) is 10.2. The minimum absolute atomic E-state index is 0.240. The van der Waals surface area contributed by atoms with Crippen molar-refractivity contribution in [2.75, 3.05) is 18.8 Å². The van der Waals surface area contributed by atoms with Crippen molar-refractivity contribution >= 4 is 5.69 Å². The molecule has 3 heteroatoms. The average Bonchev–Trinajstić information content (AvgIpc) is 2.30. The van der Waals surface area contributed by atoms with Crippen LogP contribution in [0.25, 0.3) is 0 Å². The van der Waals surface area contributed by atoms with Crippen LogP contribution >= 0.6 is 0 Å². The lowest BCUT2D eigenvalue weighted by Crippen LogP contribution is -2.24. The highest BCUT2D eigenvalue weighted by molar-refractivity contribution is 5.42. The molecule has 0 amide bonds. The second kappa shape index (κ2) is 6.48. The van der Waals surface area contributed by atoms with E-state index in [1.165, 1.54) is 0 Å². The number of hydrogen-bond donors (Lipinski definition) is 1. The van der Waals surface area contributed by atoms with E-state index < -0.39 is 0 Å². The highest BCUT2D eigenvalue weighted by Gasteiger charge is 2.09. The van der Waals surface area contributed by atoms with Crippen molar-refractivity contribution in [1.29, 1.82) is 0 Å². The highest BCUT2D eigenvalue weighted by atomic mass is 19.1. The molecule has 1 rings (SSSR count). The molecule has 0 unspecified atom stereocenters. The van der Waals surface area contributed by atoms with Crippen LogP contribution in [-0.4, -0.2) is 18.0 Å². The van der Waals surface area contributed by atoms with Crippen molar-refractivity contribution in [3.05, 3.63) is 29.6 Å². The van der Waals surface area contributed by atoms with Crippen molar-refractivity contribution in [2.24, 2.45) is 0 Å². The summed E-state index contributed by atoms with van der Waals surface area (Å²) in [6.07, 6.45) is 2.31.